The van der Waals surface area contributed by atoms with Gasteiger partial charge in [0.2, 0.25) is 0 Å². The van der Waals surface area contributed by atoms with Gasteiger partial charge in [0.1, 0.15) is 24.4 Å². The molecule has 0 radical (unpaired) electrons. The molecule has 1 saturated heterocycles. The Morgan fingerprint density at radius 3 is 2.55 bits per heavy atom. The van der Waals surface area contributed by atoms with E-state index in [0.29, 0.717) is 6.61 Å². The fourth-order valence-corrected chi connectivity index (χ4v) is 2.72. The lowest BCUT2D eigenvalue weighted by molar-refractivity contribution is -0.0938. The summed E-state index contributed by atoms with van der Waals surface area (Å²) in [5.74, 6) is 0. The molecule has 3 N–H and O–H groups in total. The molecular weight excluding hydrogens is 284 g/mol. The van der Waals surface area contributed by atoms with Gasteiger partial charge in [-0.3, -0.25) is 0 Å². The van der Waals surface area contributed by atoms with Crippen molar-refractivity contribution in [3.63, 3.8) is 0 Å². The number of aliphatic hydroxyl groups is 3. The van der Waals surface area contributed by atoms with Crippen LogP contribution in [0.5, 0.6) is 0 Å². The third kappa shape index (κ3) is 7.20. The largest absolute Gasteiger partial charge is 0.394 e. The van der Waals surface area contributed by atoms with Crippen molar-refractivity contribution >= 4 is 0 Å². The molecule has 0 saturated carbocycles. The van der Waals surface area contributed by atoms with E-state index in [4.69, 9.17) is 14.6 Å². The molecule has 1 aliphatic rings. The summed E-state index contributed by atoms with van der Waals surface area (Å²) < 4.78 is 10.9. The number of hydrogen-bond acceptors (Lipinski definition) is 5. The smallest absolute Gasteiger partial charge is 0.114 e. The Kier molecular flexibility index (Phi) is 10.7. The van der Waals surface area contributed by atoms with Gasteiger partial charge in [0.25, 0.3) is 0 Å². The minimum absolute atomic E-state index is 0.151. The second-order valence-electron chi connectivity index (χ2n) is 5.93. The van der Waals surface area contributed by atoms with Crippen molar-refractivity contribution in [2.75, 3.05) is 19.8 Å². The molecule has 0 aromatic heterocycles. The van der Waals surface area contributed by atoms with Crippen molar-refractivity contribution in [3.8, 4) is 0 Å². The molecule has 22 heavy (non-hydrogen) atoms. The van der Waals surface area contributed by atoms with E-state index in [2.05, 4.69) is 19.1 Å². The van der Waals surface area contributed by atoms with Crippen LogP contribution >= 0.6 is 0 Å². The topological polar surface area (TPSA) is 79.2 Å². The molecule has 4 atom stereocenters. The van der Waals surface area contributed by atoms with E-state index in [0.717, 1.165) is 12.8 Å². The van der Waals surface area contributed by atoms with E-state index in [9.17, 15) is 10.2 Å². The van der Waals surface area contributed by atoms with Crippen LogP contribution in [-0.2, 0) is 9.47 Å². The van der Waals surface area contributed by atoms with Crippen molar-refractivity contribution in [2.45, 2.75) is 76.3 Å². The van der Waals surface area contributed by atoms with Crippen molar-refractivity contribution in [3.05, 3.63) is 12.2 Å². The summed E-state index contributed by atoms with van der Waals surface area (Å²) in [5.41, 5.74) is 0. The van der Waals surface area contributed by atoms with E-state index >= 15 is 0 Å². The predicted molar refractivity (Wildman–Crippen MR) is 85.7 cm³/mol. The molecule has 0 bridgehead atoms. The molecule has 0 amide bonds. The normalized spacial score (nSPS) is 26.8. The lowest BCUT2D eigenvalue weighted by Gasteiger charge is -2.23. The van der Waals surface area contributed by atoms with Gasteiger partial charge < -0.3 is 24.8 Å². The van der Waals surface area contributed by atoms with Gasteiger partial charge >= 0.3 is 0 Å². The quantitative estimate of drug-likeness (QED) is 0.378. The van der Waals surface area contributed by atoms with Gasteiger partial charge in [0.15, 0.2) is 0 Å². The summed E-state index contributed by atoms with van der Waals surface area (Å²) in [6.07, 6.45) is 9.61. The number of aliphatic hydroxyl groups excluding tert-OH is 3. The van der Waals surface area contributed by atoms with Crippen molar-refractivity contribution < 1.29 is 24.8 Å². The van der Waals surface area contributed by atoms with Crippen molar-refractivity contribution in [1.29, 1.82) is 0 Å². The summed E-state index contributed by atoms with van der Waals surface area (Å²) in [4.78, 5) is 0. The van der Waals surface area contributed by atoms with Gasteiger partial charge in [0, 0.05) is 6.61 Å². The molecule has 130 valence electrons. The molecule has 0 unspecified atom stereocenters. The summed E-state index contributed by atoms with van der Waals surface area (Å²) in [5, 5.41) is 28.4. The third-order valence-corrected chi connectivity index (χ3v) is 4.04. The van der Waals surface area contributed by atoms with Crippen LogP contribution in [0.3, 0.4) is 0 Å². The molecule has 0 aromatic rings. The van der Waals surface area contributed by atoms with Gasteiger partial charge in [-0.2, -0.15) is 0 Å². The van der Waals surface area contributed by atoms with E-state index in [-0.39, 0.29) is 13.2 Å². The molecule has 0 spiro atoms. The molecule has 0 aromatic carbocycles. The summed E-state index contributed by atoms with van der Waals surface area (Å²) in [6.45, 7) is 2.37. The molecule has 1 heterocycles. The molecule has 5 heteroatoms. The maximum absolute atomic E-state index is 9.80. The molecule has 1 fully saturated rings. The lowest BCUT2D eigenvalue weighted by Crippen LogP contribution is -2.42. The minimum atomic E-state index is -1.00. The maximum Gasteiger partial charge on any atom is 0.114 e. The van der Waals surface area contributed by atoms with Crippen LogP contribution in [0.1, 0.15) is 51.9 Å². The standard InChI is InChI=1S/C17H32O5/c1-2-3-4-5-6-7-8-9-10-11-21-17-15(20)13-22-16(17)14(19)12-18/h2-3,14-20H,4-13H2,1H3/b3-2+/t14-,15+,16-,17-/m1/s1. The fourth-order valence-electron chi connectivity index (χ4n) is 2.72. The maximum atomic E-state index is 9.80. The molecular formula is C17H32O5. The monoisotopic (exact) mass is 316 g/mol. The number of allylic oxidation sites excluding steroid dienone is 2. The first-order valence-corrected chi connectivity index (χ1v) is 8.52. The van der Waals surface area contributed by atoms with Gasteiger partial charge in [-0.15, -0.1) is 0 Å². The summed E-state index contributed by atoms with van der Waals surface area (Å²) >= 11 is 0. The average Bonchev–Trinajstić information content (AvgIpc) is 2.89. The minimum Gasteiger partial charge on any atom is -0.394 e. The Hall–Kier alpha value is -0.460. The zero-order chi connectivity index (χ0) is 16.2. The second kappa shape index (κ2) is 12.0. The Morgan fingerprint density at radius 2 is 1.86 bits per heavy atom. The molecule has 5 nitrogen and oxygen atoms in total. The van der Waals surface area contributed by atoms with Gasteiger partial charge in [-0.25, -0.2) is 0 Å². The van der Waals surface area contributed by atoms with Crippen LogP contribution in [0.4, 0.5) is 0 Å². The van der Waals surface area contributed by atoms with E-state index in [1.165, 1.54) is 32.1 Å². The highest BCUT2D eigenvalue weighted by molar-refractivity contribution is 4.89. The fraction of sp³-hybridized carbons (Fsp3) is 0.882. The van der Waals surface area contributed by atoms with Crippen molar-refractivity contribution in [2.24, 2.45) is 0 Å². The Balaban J connectivity index is 2.03. The lowest BCUT2D eigenvalue weighted by atomic mass is 10.1. The summed E-state index contributed by atoms with van der Waals surface area (Å²) in [6, 6.07) is 0. The highest BCUT2D eigenvalue weighted by Crippen LogP contribution is 2.21. The third-order valence-electron chi connectivity index (χ3n) is 4.04. The number of rotatable bonds is 12. The number of ether oxygens (including phenoxy) is 2. The number of unbranched alkanes of at least 4 members (excludes halogenated alkanes) is 6. The van der Waals surface area contributed by atoms with Crippen LogP contribution in [0, 0.1) is 0 Å². The highest BCUT2D eigenvalue weighted by atomic mass is 16.6. The van der Waals surface area contributed by atoms with E-state index in [1.54, 1.807) is 0 Å². The number of hydrogen-bond donors (Lipinski definition) is 3. The zero-order valence-electron chi connectivity index (χ0n) is 13.7. The van der Waals surface area contributed by atoms with Crippen molar-refractivity contribution in [1.82, 2.24) is 0 Å². The Morgan fingerprint density at radius 1 is 1.18 bits per heavy atom. The Bertz CT molecular complexity index is 295. The van der Waals surface area contributed by atoms with Crippen LogP contribution in [-0.4, -0.2) is 59.6 Å². The molecule has 1 rings (SSSR count). The van der Waals surface area contributed by atoms with Crippen LogP contribution in [0.2, 0.25) is 0 Å². The SMILES string of the molecule is C/C=C/CCCCCCCCO[C@H]1[C@@H]([C@H](O)CO)OC[C@@H]1O. The van der Waals surface area contributed by atoms with E-state index < -0.39 is 24.4 Å². The molecule has 0 aliphatic carbocycles. The predicted octanol–water partition coefficient (Wildman–Crippen LogP) is 1.79. The first-order valence-electron chi connectivity index (χ1n) is 8.52. The van der Waals surface area contributed by atoms with E-state index in [1.807, 2.05) is 0 Å². The summed E-state index contributed by atoms with van der Waals surface area (Å²) in [7, 11) is 0. The molecule has 1 aliphatic heterocycles. The van der Waals surface area contributed by atoms with Gasteiger partial charge in [-0.05, 0) is 26.2 Å². The first-order chi connectivity index (χ1) is 10.7. The Labute approximate surface area is 133 Å². The van der Waals surface area contributed by atoms with Crippen LogP contribution < -0.4 is 0 Å². The highest BCUT2D eigenvalue weighted by Gasteiger charge is 2.40. The van der Waals surface area contributed by atoms with Gasteiger partial charge in [-0.1, -0.05) is 37.8 Å². The first kappa shape index (κ1) is 19.6. The van der Waals surface area contributed by atoms with Crippen LogP contribution in [0.25, 0.3) is 0 Å². The average molecular weight is 316 g/mol. The van der Waals surface area contributed by atoms with Gasteiger partial charge in [0.05, 0.1) is 13.2 Å². The zero-order valence-corrected chi connectivity index (χ0v) is 13.7. The second-order valence-corrected chi connectivity index (χ2v) is 5.93. The van der Waals surface area contributed by atoms with Crippen LogP contribution in [0.15, 0.2) is 12.2 Å².